The maximum absolute atomic E-state index is 11.9. The van der Waals surface area contributed by atoms with Crippen LogP contribution in [0.4, 0.5) is 0 Å². The summed E-state index contributed by atoms with van der Waals surface area (Å²) in [4.78, 5) is 29.7. The Morgan fingerprint density at radius 3 is 2.89 bits per heavy atom. The van der Waals surface area contributed by atoms with Crippen LogP contribution in [0.2, 0.25) is 0 Å². The fourth-order valence-electron chi connectivity index (χ4n) is 1.67. The number of nitrogens with zero attached hydrogens (tertiary/aromatic N) is 1. The molecule has 19 heavy (non-hydrogen) atoms. The molecule has 0 saturated carbocycles. The molecule has 0 fully saturated rings. The number of aromatic amines is 1. The highest BCUT2D eigenvalue weighted by molar-refractivity contribution is 5.97. The van der Waals surface area contributed by atoms with E-state index in [0.29, 0.717) is 17.0 Å². The summed E-state index contributed by atoms with van der Waals surface area (Å²) in [7, 11) is 0. The quantitative estimate of drug-likeness (QED) is 0.737. The Bertz CT molecular complexity index is 574. The summed E-state index contributed by atoms with van der Waals surface area (Å²) in [6, 6.07) is 0.474. The van der Waals surface area contributed by atoms with E-state index >= 15 is 0 Å². The Labute approximate surface area is 108 Å². The van der Waals surface area contributed by atoms with Crippen molar-refractivity contribution in [3.05, 3.63) is 41.9 Å². The Balaban J connectivity index is 2.07. The highest BCUT2D eigenvalue weighted by atomic mass is 16.4. The Kier molecular flexibility index (Phi) is 3.65. The third kappa shape index (κ3) is 3.01. The van der Waals surface area contributed by atoms with Crippen molar-refractivity contribution >= 4 is 11.9 Å². The zero-order valence-corrected chi connectivity index (χ0v) is 10.2. The van der Waals surface area contributed by atoms with Crippen molar-refractivity contribution in [1.82, 2.24) is 15.3 Å². The first-order valence-electron chi connectivity index (χ1n) is 5.63. The largest absolute Gasteiger partial charge is 0.480 e. The lowest BCUT2D eigenvalue weighted by molar-refractivity contribution is -0.139. The molecule has 0 saturated heterocycles. The molecule has 0 aromatic carbocycles. The number of carbonyl (C=O) groups excluding carboxylic acids is 1. The zero-order valence-electron chi connectivity index (χ0n) is 10.2. The van der Waals surface area contributed by atoms with Crippen LogP contribution in [0.25, 0.3) is 0 Å². The number of hydrogen-bond acceptors (Lipinski definition) is 4. The van der Waals surface area contributed by atoms with Crippen LogP contribution in [0.1, 0.15) is 21.8 Å². The molecule has 0 bridgehead atoms. The molecule has 1 atom stereocenters. The number of carbonyl (C=O) groups is 2. The summed E-state index contributed by atoms with van der Waals surface area (Å²) in [6.07, 6.45) is 4.49. The van der Waals surface area contributed by atoms with Crippen LogP contribution in [-0.4, -0.2) is 33.0 Å². The van der Waals surface area contributed by atoms with Crippen LogP contribution in [0.3, 0.4) is 0 Å². The molecule has 0 aliphatic carbocycles. The smallest absolute Gasteiger partial charge is 0.326 e. The van der Waals surface area contributed by atoms with Crippen molar-refractivity contribution in [2.75, 3.05) is 0 Å². The topological polar surface area (TPSA) is 108 Å². The number of amides is 1. The van der Waals surface area contributed by atoms with Gasteiger partial charge in [-0.1, -0.05) is 0 Å². The van der Waals surface area contributed by atoms with Gasteiger partial charge < -0.3 is 19.8 Å². The normalized spacial score (nSPS) is 12.1. The molecule has 0 spiro atoms. The molecule has 0 radical (unpaired) electrons. The van der Waals surface area contributed by atoms with E-state index in [1.807, 2.05) is 0 Å². The van der Waals surface area contributed by atoms with Crippen LogP contribution in [-0.2, 0) is 11.2 Å². The molecule has 0 aliphatic rings. The minimum absolute atomic E-state index is 0.137. The van der Waals surface area contributed by atoms with Crippen LogP contribution in [0.5, 0.6) is 0 Å². The number of carboxylic acid groups (broad SMARTS) is 1. The van der Waals surface area contributed by atoms with Crippen LogP contribution < -0.4 is 5.32 Å². The number of rotatable bonds is 5. The van der Waals surface area contributed by atoms with Gasteiger partial charge in [-0.3, -0.25) is 4.79 Å². The van der Waals surface area contributed by atoms with E-state index in [1.165, 1.54) is 24.9 Å². The van der Waals surface area contributed by atoms with E-state index in [4.69, 9.17) is 9.52 Å². The van der Waals surface area contributed by atoms with Gasteiger partial charge in [-0.15, -0.1) is 0 Å². The number of aryl methyl sites for hydroxylation is 1. The predicted molar refractivity (Wildman–Crippen MR) is 64.6 cm³/mol. The van der Waals surface area contributed by atoms with Gasteiger partial charge in [0.25, 0.3) is 5.91 Å². The monoisotopic (exact) mass is 263 g/mol. The van der Waals surface area contributed by atoms with Gasteiger partial charge in [-0.25, -0.2) is 9.78 Å². The summed E-state index contributed by atoms with van der Waals surface area (Å²) in [5.41, 5.74) is 0.965. The highest BCUT2D eigenvalue weighted by Gasteiger charge is 2.23. The molecule has 7 heteroatoms. The van der Waals surface area contributed by atoms with E-state index in [2.05, 4.69) is 15.3 Å². The van der Waals surface area contributed by atoms with Crippen molar-refractivity contribution in [2.45, 2.75) is 19.4 Å². The molecular weight excluding hydrogens is 250 g/mol. The molecule has 0 aliphatic heterocycles. The Morgan fingerprint density at radius 2 is 2.37 bits per heavy atom. The van der Waals surface area contributed by atoms with Crippen molar-refractivity contribution in [3.63, 3.8) is 0 Å². The van der Waals surface area contributed by atoms with E-state index in [9.17, 15) is 9.59 Å². The maximum atomic E-state index is 11.9. The predicted octanol–water partition coefficient (Wildman–Crippen LogP) is 0.737. The summed E-state index contributed by atoms with van der Waals surface area (Å²) in [5.74, 6) is -1.13. The second-order valence-corrected chi connectivity index (χ2v) is 4.04. The van der Waals surface area contributed by atoms with E-state index in [1.54, 1.807) is 6.92 Å². The van der Waals surface area contributed by atoms with Crippen LogP contribution in [0.15, 0.2) is 29.3 Å². The molecule has 100 valence electrons. The molecular formula is C12H13N3O4. The van der Waals surface area contributed by atoms with Gasteiger partial charge in [0.05, 0.1) is 18.2 Å². The number of hydrogen-bond donors (Lipinski definition) is 3. The molecule has 2 heterocycles. The summed E-state index contributed by atoms with van der Waals surface area (Å²) >= 11 is 0. The SMILES string of the molecule is Cc1occc1C(=O)N[C@@H](Cc1cnc[nH]1)C(=O)O. The minimum Gasteiger partial charge on any atom is -0.480 e. The number of aliphatic carboxylic acids is 1. The standard InChI is InChI=1S/C12H13N3O4/c1-7-9(2-3-19-7)11(16)15-10(12(17)18)4-8-5-13-6-14-8/h2-3,5-6,10H,4H2,1H3,(H,13,14)(H,15,16)(H,17,18)/t10-/m0/s1. The molecule has 2 aromatic heterocycles. The lowest BCUT2D eigenvalue weighted by Crippen LogP contribution is -2.42. The first kappa shape index (κ1) is 12.9. The highest BCUT2D eigenvalue weighted by Crippen LogP contribution is 2.09. The number of aromatic nitrogens is 2. The molecule has 7 nitrogen and oxygen atoms in total. The number of nitrogens with one attached hydrogen (secondary N) is 2. The lowest BCUT2D eigenvalue weighted by atomic mass is 10.1. The number of furan rings is 1. The zero-order chi connectivity index (χ0) is 13.8. The van der Waals surface area contributed by atoms with E-state index in [-0.39, 0.29) is 6.42 Å². The van der Waals surface area contributed by atoms with Gasteiger partial charge in [0.2, 0.25) is 0 Å². The fraction of sp³-hybridized carbons (Fsp3) is 0.250. The average molecular weight is 263 g/mol. The van der Waals surface area contributed by atoms with E-state index in [0.717, 1.165) is 0 Å². The van der Waals surface area contributed by atoms with Crippen LogP contribution in [0, 0.1) is 6.92 Å². The minimum atomic E-state index is -1.11. The molecule has 3 N–H and O–H groups in total. The second kappa shape index (κ2) is 5.38. The first-order chi connectivity index (χ1) is 9.08. The van der Waals surface area contributed by atoms with Gasteiger partial charge >= 0.3 is 5.97 Å². The van der Waals surface area contributed by atoms with Crippen molar-refractivity contribution < 1.29 is 19.1 Å². The van der Waals surface area contributed by atoms with Gasteiger partial charge in [-0.2, -0.15) is 0 Å². The summed E-state index contributed by atoms with van der Waals surface area (Å²) in [5, 5.41) is 11.6. The van der Waals surface area contributed by atoms with Gasteiger partial charge in [0.15, 0.2) is 0 Å². The molecule has 2 aromatic rings. The summed E-state index contributed by atoms with van der Waals surface area (Å²) < 4.78 is 5.01. The first-order valence-corrected chi connectivity index (χ1v) is 5.63. The second-order valence-electron chi connectivity index (χ2n) is 4.04. The lowest BCUT2D eigenvalue weighted by Gasteiger charge is -2.13. The Morgan fingerprint density at radius 1 is 1.58 bits per heavy atom. The molecule has 2 rings (SSSR count). The summed E-state index contributed by atoms with van der Waals surface area (Å²) in [6.45, 7) is 1.64. The van der Waals surface area contributed by atoms with Gasteiger partial charge in [0, 0.05) is 18.3 Å². The van der Waals surface area contributed by atoms with Gasteiger partial charge in [0.1, 0.15) is 11.8 Å². The Hall–Kier alpha value is -2.57. The van der Waals surface area contributed by atoms with Crippen LogP contribution >= 0.6 is 0 Å². The molecule has 0 unspecified atom stereocenters. The van der Waals surface area contributed by atoms with Crippen molar-refractivity contribution in [1.29, 1.82) is 0 Å². The number of H-pyrrole nitrogens is 1. The number of carboxylic acids is 1. The van der Waals surface area contributed by atoms with Crippen molar-refractivity contribution in [2.24, 2.45) is 0 Å². The third-order valence-corrected chi connectivity index (χ3v) is 2.69. The third-order valence-electron chi connectivity index (χ3n) is 2.69. The molecule has 1 amide bonds. The average Bonchev–Trinajstić information content (AvgIpc) is 2.99. The fourth-order valence-corrected chi connectivity index (χ4v) is 1.67. The van der Waals surface area contributed by atoms with E-state index < -0.39 is 17.9 Å². The maximum Gasteiger partial charge on any atom is 0.326 e. The van der Waals surface area contributed by atoms with Crippen molar-refractivity contribution in [3.8, 4) is 0 Å². The van der Waals surface area contributed by atoms with Gasteiger partial charge in [-0.05, 0) is 13.0 Å². The number of imidazole rings is 1.